The molecule has 0 spiro atoms. The zero-order chi connectivity index (χ0) is 11.9. The van der Waals surface area contributed by atoms with Crippen LogP contribution in [-0.2, 0) is 0 Å². The SMILES string of the molecule is Cc1ccc2c(C(O)CN)c(C)[nH]c2c1C. The second-order valence-electron chi connectivity index (χ2n) is 4.35. The molecule has 1 atom stereocenters. The predicted molar refractivity (Wildman–Crippen MR) is 66.5 cm³/mol. The molecule has 1 unspecified atom stereocenters. The molecular formula is C13H18N2O. The highest BCUT2D eigenvalue weighted by molar-refractivity contribution is 5.88. The molecule has 2 aromatic rings. The number of hydrogen-bond donors (Lipinski definition) is 3. The minimum atomic E-state index is -0.587. The number of aliphatic hydroxyl groups excluding tert-OH is 1. The van der Waals surface area contributed by atoms with Crippen molar-refractivity contribution in [3.05, 3.63) is 34.5 Å². The Labute approximate surface area is 95.3 Å². The molecule has 2 rings (SSSR count). The van der Waals surface area contributed by atoms with Gasteiger partial charge in [-0.1, -0.05) is 12.1 Å². The van der Waals surface area contributed by atoms with Gasteiger partial charge in [-0.25, -0.2) is 0 Å². The summed E-state index contributed by atoms with van der Waals surface area (Å²) in [7, 11) is 0. The Kier molecular flexibility index (Phi) is 2.74. The number of aryl methyl sites for hydroxylation is 3. The van der Waals surface area contributed by atoms with Gasteiger partial charge in [0.25, 0.3) is 0 Å². The maximum atomic E-state index is 9.91. The number of aromatic amines is 1. The van der Waals surface area contributed by atoms with E-state index in [4.69, 9.17) is 5.73 Å². The molecular weight excluding hydrogens is 200 g/mol. The van der Waals surface area contributed by atoms with Gasteiger partial charge in [0.1, 0.15) is 0 Å². The van der Waals surface area contributed by atoms with Crippen LogP contribution < -0.4 is 5.73 Å². The summed E-state index contributed by atoms with van der Waals surface area (Å²) in [5.41, 5.74) is 11.1. The number of benzene rings is 1. The molecule has 1 aromatic carbocycles. The lowest BCUT2D eigenvalue weighted by Crippen LogP contribution is -2.12. The van der Waals surface area contributed by atoms with E-state index in [1.165, 1.54) is 11.1 Å². The molecule has 0 radical (unpaired) electrons. The summed E-state index contributed by atoms with van der Waals surface area (Å²) in [5, 5.41) is 11.0. The van der Waals surface area contributed by atoms with Crippen LogP contribution in [0, 0.1) is 20.8 Å². The standard InChI is InChI=1S/C13H18N2O/c1-7-4-5-10-12(11(16)6-14)9(3)15-13(10)8(7)2/h4-5,11,15-16H,6,14H2,1-3H3. The van der Waals surface area contributed by atoms with Crippen molar-refractivity contribution < 1.29 is 5.11 Å². The zero-order valence-corrected chi connectivity index (χ0v) is 9.96. The van der Waals surface area contributed by atoms with Gasteiger partial charge in [0.2, 0.25) is 0 Å². The number of nitrogens with one attached hydrogen (secondary N) is 1. The summed E-state index contributed by atoms with van der Waals surface area (Å²) in [6, 6.07) is 4.13. The van der Waals surface area contributed by atoms with Crippen LogP contribution in [0.5, 0.6) is 0 Å². The average molecular weight is 218 g/mol. The second-order valence-corrected chi connectivity index (χ2v) is 4.35. The van der Waals surface area contributed by atoms with Crippen molar-refractivity contribution in [3.8, 4) is 0 Å². The average Bonchev–Trinajstić information content (AvgIpc) is 2.60. The van der Waals surface area contributed by atoms with Crippen LogP contribution in [0.1, 0.15) is 28.5 Å². The number of hydrogen-bond acceptors (Lipinski definition) is 2. The third kappa shape index (κ3) is 1.52. The Morgan fingerprint density at radius 2 is 2.00 bits per heavy atom. The maximum Gasteiger partial charge on any atom is 0.0935 e. The normalized spacial score (nSPS) is 13.3. The van der Waals surface area contributed by atoms with Gasteiger partial charge in [-0.2, -0.15) is 0 Å². The van der Waals surface area contributed by atoms with E-state index >= 15 is 0 Å². The largest absolute Gasteiger partial charge is 0.387 e. The number of fused-ring (bicyclic) bond motifs is 1. The summed E-state index contributed by atoms with van der Waals surface area (Å²) < 4.78 is 0. The van der Waals surface area contributed by atoms with Crippen LogP contribution in [0.4, 0.5) is 0 Å². The highest BCUT2D eigenvalue weighted by Gasteiger charge is 2.16. The van der Waals surface area contributed by atoms with Crippen molar-refractivity contribution in [1.29, 1.82) is 0 Å². The van der Waals surface area contributed by atoms with Gasteiger partial charge in [0.15, 0.2) is 0 Å². The van der Waals surface area contributed by atoms with Crippen molar-refractivity contribution in [2.24, 2.45) is 5.73 Å². The lowest BCUT2D eigenvalue weighted by atomic mass is 10.0. The van der Waals surface area contributed by atoms with Crippen molar-refractivity contribution in [1.82, 2.24) is 4.98 Å². The summed E-state index contributed by atoms with van der Waals surface area (Å²) >= 11 is 0. The Bertz CT molecular complexity index is 528. The van der Waals surface area contributed by atoms with Gasteiger partial charge >= 0.3 is 0 Å². The smallest absolute Gasteiger partial charge is 0.0935 e. The van der Waals surface area contributed by atoms with Gasteiger partial charge < -0.3 is 15.8 Å². The van der Waals surface area contributed by atoms with Gasteiger partial charge in [0.05, 0.1) is 6.10 Å². The third-order valence-electron chi connectivity index (χ3n) is 3.30. The number of aromatic nitrogens is 1. The molecule has 4 N–H and O–H groups in total. The molecule has 0 amide bonds. The maximum absolute atomic E-state index is 9.91. The number of aliphatic hydroxyl groups is 1. The molecule has 0 bridgehead atoms. The molecule has 0 fully saturated rings. The molecule has 0 aliphatic heterocycles. The Morgan fingerprint density at radius 3 is 2.62 bits per heavy atom. The zero-order valence-electron chi connectivity index (χ0n) is 9.96. The van der Waals surface area contributed by atoms with Crippen LogP contribution in [0.25, 0.3) is 10.9 Å². The van der Waals surface area contributed by atoms with Gasteiger partial charge in [0, 0.05) is 28.7 Å². The van der Waals surface area contributed by atoms with E-state index in [1.807, 2.05) is 6.92 Å². The summed E-state index contributed by atoms with van der Waals surface area (Å²) in [5.74, 6) is 0. The first-order valence-electron chi connectivity index (χ1n) is 5.52. The highest BCUT2D eigenvalue weighted by Crippen LogP contribution is 2.30. The molecule has 1 aromatic heterocycles. The third-order valence-corrected chi connectivity index (χ3v) is 3.30. The molecule has 1 heterocycles. The summed E-state index contributed by atoms with van der Waals surface area (Å²) in [6.45, 7) is 6.40. The van der Waals surface area contributed by atoms with Crippen LogP contribution in [-0.4, -0.2) is 16.6 Å². The lowest BCUT2D eigenvalue weighted by Gasteiger charge is -2.08. The fourth-order valence-corrected chi connectivity index (χ4v) is 2.21. The van der Waals surface area contributed by atoms with Crippen LogP contribution in [0.3, 0.4) is 0 Å². The van der Waals surface area contributed by atoms with Crippen molar-refractivity contribution >= 4 is 10.9 Å². The van der Waals surface area contributed by atoms with E-state index in [-0.39, 0.29) is 6.54 Å². The molecule has 3 nitrogen and oxygen atoms in total. The predicted octanol–water partition coefficient (Wildman–Crippen LogP) is 2.09. The van der Waals surface area contributed by atoms with Gasteiger partial charge in [-0.05, 0) is 31.9 Å². The molecule has 0 aliphatic carbocycles. The first-order chi connectivity index (χ1) is 7.56. The number of H-pyrrole nitrogens is 1. The van der Waals surface area contributed by atoms with E-state index in [2.05, 4.69) is 31.0 Å². The van der Waals surface area contributed by atoms with Crippen LogP contribution in [0.2, 0.25) is 0 Å². The fourth-order valence-electron chi connectivity index (χ4n) is 2.21. The lowest BCUT2D eigenvalue weighted by molar-refractivity contribution is 0.187. The fraction of sp³-hybridized carbons (Fsp3) is 0.385. The summed E-state index contributed by atoms with van der Waals surface area (Å²) in [6.07, 6.45) is -0.587. The Hall–Kier alpha value is -1.32. The first-order valence-corrected chi connectivity index (χ1v) is 5.52. The van der Waals surface area contributed by atoms with E-state index in [1.54, 1.807) is 0 Å². The molecule has 16 heavy (non-hydrogen) atoms. The van der Waals surface area contributed by atoms with Crippen molar-refractivity contribution in [3.63, 3.8) is 0 Å². The number of rotatable bonds is 2. The molecule has 0 aliphatic rings. The molecule has 0 saturated heterocycles. The van der Waals surface area contributed by atoms with Crippen molar-refractivity contribution in [2.75, 3.05) is 6.54 Å². The van der Waals surface area contributed by atoms with Crippen LogP contribution >= 0.6 is 0 Å². The molecule has 3 heteroatoms. The van der Waals surface area contributed by atoms with Gasteiger partial charge in [-0.15, -0.1) is 0 Å². The van der Waals surface area contributed by atoms with E-state index in [0.29, 0.717) is 0 Å². The van der Waals surface area contributed by atoms with E-state index < -0.39 is 6.10 Å². The number of nitrogens with two attached hydrogens (primary N) is 1. The van der Waals surface area contributed by atoms with E-state index in [0.717, 1.165) is 22.2 Å². The molecule has 0 saturated carbocycles. The minimum Gasteiger partial charge on any atom is -0.387 e. The summed E-state index contributed by atoms with van der Waals surface area (Å²) in [4.78, 5) is 3.34. The monoisotopic (exact) mass is 218 g/mol. The van der Waals surface area contributed by atoms with Crippen LogP contribution in [0.15, 0.2) is 12.1 Å². The quantitative estimate of drug-likeness (QED) is 0.722. The Balaban J connectivity index is 2.76. The topological polar surface area (TPSA) is 62.0 Å². The molecule has 86 valence electrons. The minimum absolute atomic E-state index is 0.251. The van der Waals surface area contributed by atoms with Gasteiger partial charge in [-0.3, -0.25) is 0 Å². The van der Waals surface area contributed by atoms with Crippen molar-refractivity contribution in [2.45, 2.75) is 26.9 Å². The second kappa shape index (κ2) is 3.92. The Morgan fingerprint density at radius 1 is 1.31 bits per heavy atom. The first kappa shape index (κ1) is 11.2. The highest BCUT2D eigenvalue weighted by atomic mass is 16.3. The van der Waals surface area contributed by atoms with E-state index in [9.17, 15) is 5.11 Å².